The molecule has 0 unspecified atom stereocenters. The molecule has 1 heterocycles. The Kier molecular flexibility index (Phi) is 6.89. The molecule has 7 nitrogen and oxygen atoms in total. The van der Waals surface area contributed by atoms with E-state index in [1.807, 2.05) is 24.3 Å². The topological polar surface area (TPSA) is 89.8 Å². The number of methoxy groups -OCH3 is 1. The third-order valence-electron chi connectivity index (χ3n) is 4.05. The Morgan fingerprint density at radius 3 is 2.17 bits per heavy atom. The number of carbonyl (C=O) groups excluding carboxylic acids is 2. The monoisotopic (exact) mass is 394 g/mol. The van der Waals surface area contributed by atoms with Crippen molar-refractivity contribution in [1.29, 1.82) is 0 Å². The highest BCUT2D eigenvalue weighted by atomic mass is 16.5. The molecular formula is C22H22N2O5. The second-order valence-electron chi connectivity index (χ2n) is 6.18. The van der Waals surface area contributed by atoms with E-state index in [2.05, 4.69) is 10.6 Å². The second kappa shape index (κ2) is 9.98. The molecule has 3 aromatic rings. The zero-order valence-corrected chi connectivity index (χ0v) is 16.0. The highest BCUT2D eigenvalue weighted by molar-refractivity contribution is 6.02. The van der Waals surface area contributed by atoms with Gasteiger partial charge in [-0.2, -0.15) is 0 Å². The van der Waals surface area contributed by atoms with E-state index >= 15 is 0 Å². The van der Waals surface area contributed by atoms with Gasteiger partial charge in [-0.15, -0.1) is 0 Å². The Morgan fingerprint density at radius 2 is 1.55 bits per heavy atom. The van der Waals surface area contributed by atoms with Crippen LogP contribution < -0.4 is 20.1 Å². The highest BCUT2D eigenvalue weighted by Crippen LogP contribution is 2.18. The first-order valence-corrected chi connectivity index (χ1v) is 9.15. The van der Waals surface area contributed by atoms with E-state index in [0.717, 1.165) is 11.5 Å². The van der Waals surface area contributed by atoms with E-state index in [1.54, 1.807) is 43.5 Å². The van der Waals surface area contributed by atoms with E-state index in [-0.39, 0.29) is 17.6 Å². The fourth-order valence-corrected chi connectivity index (χ4v) is 2.56. The predicted molar refractivity (Wildman–Crippen MR) is 109 cm³/mol. The van der Waals surface area contributed by atoms with E-state index in [4.69, 9.17) is 13.9 Å². The molecule has 0 aliphatic heterocycles. The summed E-state index contributed by atoms with van der Waals surface area (Å²) in [6.07, 6.45) is 2.37. The predicted octanol–water partition coefficient (Wildman–Crippen LogP) is 4.34. The second-order valence-corrected chi connectivity index (χ2v) is 6.18. The number of nitrogens with one attached hydrogen (secondary N) is 2. The van der Waals surface area contributed by atoms with Crippen molar-refractivity contribution < 1.29 is 23.5 Å². The van der Waals surface area contributed by atoms with Gasteiger partial charge >= 0.3 is 0 Å². The lowest BCUT2D eigenvalue weighted by atomic mass is 10.2. The summed E-state index contributed by atoms with van der Waals surface area (Å²) in [6, 6.07) is 17.4. The number of furan rings is 1. The van der Waals surface area contributed by atoms with Gasteiger partial charge in [0.2, 0.25) is 5.91 Å². The number of ether oxygens (including phenoxy) is 2. The van der Waals surface area contributed by atoms with Crippen molar-refractivity contribution in [1.82, 2.24) is 0 Å². The van der Waals surface area contributed by atoms with Gasteiger partial charge in [0.05, 0.1) is 20.0 Å². The van der Waals surface area contributed by atoms with Gasteiger partial charge in [0, 0.05) is 17.8 Å². The molecule has 0 saturated heterocycles. The maximum Gasteiger partial charge on any atom is 0.291 e. The van der Waals surface area contributed by atoms with Gasteiger partial charge in [0.25, 0.3) is 5.91 Å². The maximum absolute atomic E-state index is 12.1. The van der Waals surface area contributed by atoms with Gasteiger partial charge in [0.15, 0.2) is 5.76 Å². The van der Waals surface area contributed by atoms with Crippen molar-refractivity contribution in [2.24, 2.45) is 0 Å². The van der Waals surface area contributed by atoms with Crippen LogP contribution in [0.4, 0.5) is 11.4 Å². The largest absolute Gasteiger partial charge is 0.497 e. The Bertz CT molecular complexity index is 919. The summed E-state index contributed by atoms with van der Waals surface area (Å²) < 4.78 is 15.7. The lowest BCUT2D eigenvalue weighted by Crippen LogP contribution is -2.13. The van der Waals surface area contributed by atoms with Gasteiger partial charge < -0.3 is 24.5 Å². The quantitative estimate of drug-likeness (QED) is 0.527. The Hall–Kier alpha value is -3.74. The average Bonchev–Trinajstić information content (AvgIpc) is 3.28. The number of hydrogen-bond donors (Lipinski definition) is 2. The van der Waals surface area contributed by atoms with E-state index < -0.39 is 0 Å². The van der Waals surface area contributed by atoms with Crippen LogP contribution in [0.25, 0.3) is 0 Å². The Morgan fingerprint density at radius 1 is 0.897 bits per heavy atom. The number of amides is 2. The van der Waals surface area contributed by atoms with Crippen LogP contribution in [0.3, 0.4) is 0 Å². The molecule has 150 valence electrons. The van der Waals surface area contributed by atoms with Crippen molar-refractivity contribution in [3.05, 3.63) is 72.7 Å². The summed E-state index contributed by atoms with van der Waals surface area (Å²) in [5.41, 5.74) is 1.26. The Labute approximate surface area is 168 Å². The molecule has 2 N–H and O–H groups in total. The van der Waals surface area contributed by atoms with Crippen LogP contribution in [0.1, 0.15) is 23.4 Å². The average molecular weight is 394 g/mol. The summed E-state index contributed by atoms with van der Waals surface area (Å²) in [7, 11) is 1.61. The molecule has 29 heavy (non-hydrogen) atoms. The van der Waals surface area contributed by atoms with Gasteiger partial charge in [-0.3, -0.25) is 9.59 Å². The van der Waals surface area contributed by atoms with Crippen LogP contribution >= 0.6 is 0 Å². The minimum absolute atomic E-state index is 0.101. The number of benzene rings is 2. The zero-order chi connectivity index (χ0) is 20.5. The van der Waals surface area contributed by atoms with Crippen molar-refractivity contribution in [2.45, 2.75) is 12.8 Å². The van der Waals surface area contributed by atoms with E-state index in [1.165, 1.54) is 6.26 Å². The molecule has 0 spiro atoms. The number of carbonyl (C=O) groups is 2. The molecule has 3 rings (SSSR count). The van der Waals surface area contributed by atoms with E-state index in [9.17, 15) is 9.59 Å². The first kappa shape index (κ1) is 20.0. The van der Waals surface area contributed by atoms with Crippen LogP contribution in [-0.4, -0.2) is 25.5 Å². The fourth-order valence-electron chi connectivity index (χ4n) is 2.56. The fraction of sp³-hybridized carbons (Fsp3) is 0.182. The summed E-state index contributed by atoms with van der Waals surface area (Å²) >= 11 is 0. The minimum atomic E-state index is -0.330. The Balaban J connectivity index is 1.38. The summed E-state index contributed by atoms with van der Waals surface area (Å²) in [5, 5.41) is 5.54. The molecule has 2 amide bonds. The molecule has 7 heteroatoms. The first-order chi connectivity index (χ1) is 14.1. The molecule has 0 radical (unpaired) electrons. The first-order valence-electron chi connectivity index (χ1n) is 9.15. The summed E-state index contributed by atoms with van der Waals surface area (Å²) in [4.78, 5) is 24.0. The molecule has 0 aliphatic carbocycles. The SMILES string of the molecule is COc1ccc(OCCCC(=O)Nc2ccc(NC(=O)c3ccco3)cc2)cc1. The molecule has 0 aliphatic rings. The van der Waals surface area contributed by atoms with Crippen LogP contribution in [0.5, 0.6) is 11.5 Å². The van der Waals surface area contributed by atoms with Crippen molar-refractivity contribution >= 4 is 23.2 Å². The third kappa shape index (κ3) is 6.14. The third-order valence-corrected chi connectivity index (χ3v) is 4.05. The highest BCUT2D eigenvalue weighted by Gasteiger charge is 2.09. The number of hydrogen-bond acceptors (Lipinski definition) is 5. The van der Waals surface area contributed by atoms with Gasteiger partial charge in [-0.1, -0.05) is 0 Å². The van der Waals surface area contributed by atoms with Gasteiger partial charge in [-0.25, -0.2) is 0 Å². The van der Waals surface area contributed by atoms with Crippen molar-refractivity contribution in [3.63, 3.8) is 0 Å². The van der Waals surface area contributed by atoms with E-state index in [0.29, 0.717) is 30.8 Å². The maximum atomic E-state index is 12.1. The molecule has 0 saturated carbocycles. The smallest absolute Gasteiger partial charge is 0.291 e. The number of rotatable bonds is 9. The van der Waals surface area contributed by atoms with Gasteiger partial charge in [-0.05, 0) is 67.1 Å². The molecule has 0 fully saturated rings. The molecular weight excluding hydrogens is 372 g/mol. The summed E-state index contributed by atoms with van der Waals surface area (Å²) in [6.45, 7) is 0.442. The minimum Gasteiger partial charge on any atom is -0.497 e. The molecule has 1 aromatic heterocycles. The van der Waals surface area contributed by atoms with Crippen LogP contribution in [-0.2, 0) is 4.79 Å². The standard InChI is InChI=1S/C22H22N2O5/c1-27-18-10-12-19(13-11-18)28-14-3-5-21(25)23-16-6-8-17(9-7-16)24-22(26)20-4-2-15-29-20/h2,4,6-13,15H,3,5,14H2,1H3,(H,23,25)(H,24,26). The lowest BCUT2D eigenvalue weighted by Gasteiger charge is -2.09. The zero-order valence-electron chi connectivity index (χ0n) is 16.0. The normalized spacial score (nSPS) is 10.2. The van der Waals surface area contributed by atoms with Crippen LogP contribution in [0.15, 0.2) is 71.3 Å². The van der Waals surface area contributed by atoms with Crippen LogP contribution in [0, 0.1) is 0 Å². The number of anilines is 2. The van der Waals surface area contributed by atoms with Crippen LogP contribution in [0.2, 0.25) is 0 Å². The summed E-state index contributed by atoms with van der Waals surface area (Å²) in [5.74, 6) is 1.31. The molecule has 0 atom stereocenters. The van der Waals surface area contributed by atoms with Crippen molar-refractivity contribution in [2.75, 3.05) is 24.4 Å². The molecule has 2 aromatic carbocycles. The molecule has 0 bridgehead atoms. The van der Waals surface area contributed by atoms with Gasteiger partial charge in [0.1, 0.15) is 11.5 Å². The lowest BCUT2D eigenvalue weighted by molar-refractivity contribution is -0.116. The van der Waals surface area contributed by atoms with Crippen molar-refractivity contribution in [3.8, 4) is 11.5 Å².